The van der Waals surface area contributed by atoms with Crippen molar-refractivity contribution in [2.45, 2.75) is 89.9 Å². The van der Waals surface area contributed by atoms with Gasteiger partial charge >= 0.3 is 6.03 Å². The number of ether oxygens (including phenoxy) is 1. The summed E-state index contributed by atoms with van der Waals surface area (Å²) in [5.74, 6) is 2.23. The van der Waals surface area contributed by atoms with E-state index < -0.39 is 0 Å². The van der Waals surface area contributed by atoms with Crippen molar-refractivity contribution in [3.05, 3.63) is 94.3 Å². The van der Waals surface area contributed by atoms with E-state index in [0.717, 1.165) is 115 Å². The minimum atomic E-state index is -0.287. The maximum Gasteiger partial charge on any atom is 0.320 e. The van der Waals surface area contributed by atoms with Crippen LogP contribution in [0.3, 0.4) is 0 Å². The average Bonchev–Trinajstić information content (AvgIpc) is 3.79. The number of hydrogen-bond donors (Lipinski definition) is 2. The summed E-state index contributed by atoms with van der Waals surface area (Å²) >= 11 is 6.73. The Labute approximate surface area is 328 Å². The van der Waals surface area contributed by atoms with E-state index in [1.807, 2.05) is 53.3 Å². The maximum atomic E-state index is 13.9. The molecule has 13 heteroatoms. The molecule has 0 spiro atoms. The van der Waals surface area contributed by atoms with E-state index in [2.05, 4.69) is 92.9 Å². The third kappa shape index (κ3) is 8.03. The number of carbonyl (C=O) groups excluding carboxylic acids is 1. The standard InChI is InChI=1S/C42H53ClN10O2/c1-28-10-8-9-19-51(28)41-47-46-38-18-14-31(27-52(38)41)55-36-17-16-35(32-11-6-7-12-33(32)36)44-40(54)45-39-25-37(42(2,3)4)48-53(39)30-13-15-34(43)29(24-30)26-50-22-20-49(5)21-23-50/h6-7,11-15,18,24-25,27-28,35-36H,8-10,16-17,19-23,26H2,1-5H3,(H2,44,45,54)/t28?,35-,36+/m0/s1. The molecule has 1 aliphatic carbocycles. The number of nitrogens with one attached hydrogen (secondary N) is 2. The number of urea groups is 1. The van der Waals surface area contributed by atoms with Crippen LogP contribution in [0.5, 0.6) is 5.75 Å². The summed E-state index contributed by atoms with van der Waals surface area (Å²) in [5.41, 5.74) is 5.47. The number of hydrogen-bond acceptors (Lipinski definition) is 8. The summed E-state index contributed by atoms with van der Waals surface area (Å²) < 4.78 is 10.6. The van der Waals surface area contributed by atoms with E-state index in [1.54, 1.807) is 0 Å². The largest absolute Gasteiger partial charge is 0.484 e. The Kier molecular flexibility index (Phi) is 10.5. The molecule has 12 nitrogen and oxygen atoms in total. The molecule has 5 heterocycles. The summed E-state index contributed by atoms with van der Waals surface area (Å²) in [5, 5.41) is 21.1. The molecule has 3 aliphatic rings. The van der Waals surface area contributed by atoms with Crippen molar-refractivity contribution in [1.82, 2.24) is 39.5 Å². The molecule has 5 aromatic rings. The molecule has 2 amide bonds. The van der Waals surface area contributed by atoms with E-state index in [9.17, 15) is 4.79 Å². The lowest BCUT2D eigenvalue weighted by molar-refractivity contribution is 0.148. The molecule has 55 heavy (non-hydrogen) atoms. The van der Waals surface area contributed by atoms with Crippen LogP contribution in [0.15, 0.2) is 66.9 Å². The molecule has 2 fully saturated rings. The topological polar surface area (TPSA) is 108 Å². The van der Waals surface area contributed by atoms with Gasteiger partial charge in [-0.3, -0.25) is 14.6 Å². The van der Waals surface area contributed by atoms with Gasteiger partial charge in [0.05, 0.1) is 23.6 Å². The molecule has 1 unspecified atom stereocenters. The number of anilines is 2. The van der Waals surface area contributed by atoms with E-state index >= 15 is 0 Å². The van der Waals surface area contributed by atoms with Crippen LogP contribution < -0.4 is 20.3 Å². The number of aromatic nitrogens is 5. The molecular formula is C42H53ClN10O2. The molecule has 2 aromatic carbocycles. The lowest BCUT2D eigenvalue weighted by Gasteiger charge is -2.33. The van der Waals surface area contributed by atoms with Gasteiger partial charge in [-0.05, 0) is 93.1 Å². The van der Waals surface area contributed by atoms with Gasteiger partial charge < -0.3 is 19.9 Å². The third-order valence-electron chi connectivity index (χ3n) is 11.4. The van der Waals surface area contributed by atoms with Crippen molar-refractivity contribution in [2.24, 2.45) is 0 Å². The van der Waals surface area contributed by atoms with Crippen molar-refractivity contribution in [3.63, 3.8) is 0 Å². The van der Waals surface area contributed by atoms with Crippen molar-refractivity contribution in [1.29, 1.82) is 0 Å². The lowest BCUT2D eigenvalue weighted by Crippen LogP contribution is -2.43. The summed E-state index contributed by atoms with van der Waals surface area (Å²) in [7, 11) is 2.16. The number of amides is 2. The predicted octanol–water partition coefficient (Wildman–Crippen LogP) is 7.77. The number of fused-ring (bicyclic) bond motifs is 2. The highest BCUT2D eigenvalue weighted by Gasteiger charge is 2.31. The zero-order valence-electron chi connectivity index (χ0n) is 32.6. The Morgan fingerprint density at radius 2 is 1.73 bits per heavy atom. The van der Waals surface area contributed by atoms with Crippen LogP contribution >= 0.6 is 11.6 Å². The monoisotopic (exact) mass is 764 g/mol. The quantitative estimate of drug-likeness (QED) is 0.165. The number of rotatable bonds is 8. The maximum absolute atomic E-state index is 13.9. The van der Waals surface area contributed by atoms with Crippen LogP contribution in [0.4, 0.5) is 16.6 Å². The second-order valence-electron chi connectivity index (χ2n) is 16.5. The number of nitrogens with zero attached hydrogens (tertiary/aromatic N) is 8. The SMILES string of the molecule is CC1CCCCN1c1nnc2ccc(O[C@@H]3CC[C@H](NC(=O)Nc4cc(C(C)(C)C)nn4-c4ccc(Cl)c(CN5CCN(C)CC5)c4)c4ccccc43)cn12. The molecule has 8 rings (SSSR count). The molecule has 0 bridgehead atoms. The Bertz CT molecular complexity index is 2150. The first-order valence-electron chi connectivity index (χ1n) is 19.7. The lowest BCUT2D eigenvalue weighted by atomic mass is 9.85. The van der Waals surface area contributed by atoms with Gasteiger partial charge in [-0.2, -0.15) is 5.10 Å². The van der Waals surface area contributed by atoms with Crippen molar-refractivity contribution in [3.8, 4) is 11.4 Å². The van der Waals surface area contributed by atoms with Crippen LogP contribution in [0.25, 0.3) is 11.3 Å². The molecule has 2 aliphatic heterocycles. The van der Waals surface area contributed by atoms with Crippen LogP contribution in [-0.4, -0.2) is 86.0 Å². The second kappa shape index (κ2) is 15.5. The zero-order chi connectivity index (χ0) is 38.3. The molecule has 0 saturated carbocycles. The highest BCUT2D eigenvalue weighted by molar-refractivity contribution is 6.31. The molecule has 0 radical (unpaired) electrons. The summed E-state index contributed by atoms with van der Waals surface area (Å²) in [4.78, 5) is 21.0. The average molecular weight is 765 g/mol. The van der Waals surface area contributed by atoms with Gasteiger partial charge in [0, 0.05) is 61.8 Å². The fourth-order valence-electron chi connectivity index (χ4n) is 8.11. The molecule has 2 N–H and O–H groups in total. The second-order valence-corrected chi connectivity index (χ2v) is 16.9. The zero-order valence-corrected chi connectivity index (χ0v) is 33.4. The summed E-state index contributed by atoms with van der Waals surface area (Å²) in [6, 6.07) is 20.1. The van der Waals surface area contributed by atoms with Gasteiger partial charge in [-0.1, -0.05) is 56.6 Å². The van der Waals surface area contributed by atoms with E-state index in [0.29, 0.717) is 11.9 Å². The van der Waals surface area contributed by atoms with Gasteiger partial charge in [-0.15, -0.1) is 10.2 Å². The number of halogens is 1. The normalized spacial score (nSPS) is 21.1. The molecule has 3 atom stereocenters. The summed E-state index contributed by atoms with van der Waals surface area (Å²) in [6.45, 7) is 14.4. The van der Waals surface area contributed by atoms with E-state index in [1.165, 1.54) is 6.42 Å². The first kappa shape index (κ1) is 37.3. The first-order valence-corrected chi connectivity index (χ1v) is 20.1. The van der Waals surface area contributed by atoms with Crippen LogP contribution in [-0.2, 0) is 12.0 Å². The van der Waals surface area contributed by atoms with E-state index in [-0.39, 0.29) is 23.6 Å². The number of carbonyl (C=O) groups is 1. The first-order chi connectivity index (χ1) is 26.5. The molecule has 3 aromatic heterocycles. The van der Waals surface area contributed by atoms with Crippen LogP contribution in [0, 0.1) is 0 Å². The van der Waals surface area contributed by atoms with Gasteiger partial charge in [0.15, 0.2) is 5.65 Å². The van der Waals surface area contributed by atoms with Crippen LogP contribution in [0.1, 0.15) is 94.3 Å². The number of benzene rings is 2. The summed E-state index contributed by atoms with van der Waals surface area (Å²) in [6.07, 6.45) is 6.86. The smallest absolute Gasteiger partial charge is 0.320 e. The van der Waals surface area contributed by atoms with Gasteiger partial charge in [0.2, 0.25) is 5.95 Å². The highest BCUT2D eigenvalue weighted by atomic mass is 35.5. The molecule has 2 saturated heterocycles. The van der Waals surface area contributed by atoms with Crippen LogP contribution in [0.2, 0.25) is 5.02 Å². The number of piperazine rings is 1. The number of piperidine rings is 1. The highest BCUT2D eigenvalue weighted by Crippen LogP contribution is 2.39. The van der Waals surface area contributed by atoms with Crippen molar-refractivity contribution < 1.29 is 9.53 Å². The Hall–Kier alpha value is -4.65. The Morgan fingerprint density at radius 3 is 2.51 bits per heavy atom. The molecule has 290 valence electrons. The fraction of sp³-hybridized carbons (Fsp3) is 0.476. The third-order valence-corrected chi connectivity index (χ3v) is 11.8. The van der Waals surface area contributed by atoms with Gasteiger partial charge in [0.25, 0.3) is 0 Å². The molecular weight excluding hydrogens is 712 g/mol. The Morgan fingerprint density at radius 1 is 0.927 bits per heavy atom. The fourth-order valence-corrected chi connectivity index (χ4v) is 8.29. The van der Waals surface area contributed by atoms with Gasteiger partial charge in [-0.25, -0.2) is 9.48 Å². The Balaban J connectivity index is 0.990. The van der Waals surface area contributed by atoms with Gasteiger partial charge in [0.1, 0.15) is 17.7 Å². The number of pyridine rings is 1. The van der Waals surface area contributed by atoms with Crippen molar-refractivity contribution in [2.75, 3.05) is 50.0 Å². The van der Waals surface area contributed by atoms with E-state index in [4.69, 9.17) is 21.4 Å². The number of likely N-dealkylation sites (N-methyl/N-ethyl adjacent to an activating group) is 1. The van der Waals surface area contributed by atoms with Crippen molar-refractivity contribution >= 4 is 35.0 Å². The predicted molar refractivity (Wildman–Crippen MR) is 218 cm³/mol. The minimum absolute atomic E-state index is 0.163. The minimum Gasteiger partial charge on any atom is -0.484 e.